The highest BCUT2D eigenvalue weighted by Gasteiger charge is 2.11. The molecule has 2 N–H and O–H groups in total. The second kappa shape index (κ2) is 5.65. The molecule has 0 amide bonds. The Bertz CT molecular complexity index is 706. The van der Waals surface area contributed by atoms with Gasteiger partial charge < -0.3 is 10.3 Å². The molecule has 102 valence electrons. The molecule has 0 saturated carbocycles. The van der Waals surface area contributed by atoms with Gasteiger partial charge in [0.1, 0.15) is 0 Å². The highest BCUT2D eigenvalue weighted by atomic mass is 35.5. The number of hydrogen-bond donors (Lipinski definition) is 2. The second-order valence-electron chi connectivity index (χ2n) is 4.82. The number of nitrogens with one attached hydrogen (secondary N) is 2. The topological polar surface area (TPSA) is 40.7 Å². The van der Waals surface area contributed by atoms with Crippen molar-refractivity contribution in [1.82, 2.24) is 15.3 Å². The van der Waals surface area contributed by atoms with Crippen molar-refractivity contribution in [3.8, 4) is 0 Å². The molecule has 4 heteroatoms. The first-order chi connectivity index (χ1) is 9.75. The molecule has 3 aromatic rings. The van der Waals surface area contributed by atoms with Crippen LogP contribution < -0.4 is 5.32 Å². The van der Waals surface area contributed by atoms with Crippen molar-refractivity contribution >= 4 is 22.5 Å². The lowest BCUT2D eigenvalue weighted by Crippen LogP contribution is -2.19. The van der Waals surface area contributed by atoms with Gasteiger partial charge in [0.25, 0.3) is 0 Å². The lowest BCUT2D eigenvalue weighted by atomic mass is 10.2. The van der Waals surface area contributed by atoms with Gasteiger partial charge in [-0.3, -0.25) is 4.98 Å². The number of rotatable bonds is 4. The molecule has 0 radical (unpaired) electrons. The van der Waals surface area contributed by atoms with Gasteiger partial charge in [-0.25, -0.2) is 0 Å². The Morgan fingerprint density at radius 2 is 2.00 bits per heavy atom. The van der Waals surface area contributed by atoms with Crippen LogP contribution >= 0.6 is 11.6 Å². The number of aromatic nitrogens is 2. The van der Waals surface area contributed by atoms with E-state index in [1.807, 2.05) is 48.7 Å². The highest BCUT2D eigenvalue weighted by Crippen LogP contribution is 2.27. The number of para-hydroxylation sites is 1. The fourth-order valence-electron chi connectivity index (χ4n) is 2.28. The summed E-state index contributed by atoms with van der Waals surface area (Å²) in [6, 6.07) is 14.2. The summed E-state index contributed by atoms with van der Waals surface area (Å²) in [6.45, 7) is 2.78. The fourth-order valence-corrected chi connectivity index (χ4v) is 2.56. The first-order valence-electron chi connectivity index (χ1n) is 6.65. The first-order valence-corrected chi connectivity index (χ1v) is 7.03. The molecule has 20 heavy (non-hydrogen) atoms. The number of aromatic amines is 1. The molecule has 3 nitrogen and oxygen atoms in total. The maximum atomic E-state index is 6.40. The van der Waals surface area contributed by atoms with Gasteiger partial charge in [0.05, 0.1) is 10.7 Å². The van der Waals surface area contributed by atoms with Crippen molar-refractivity contribution in [1.29, 1.82) is 0 Å². The van der Waals surface area contributed by atoms with Gasteiger partial charge in [0.15, 0.2) is 0 Å². The average Bonchev–Trinajstić information content (AvgIpc) is 2.83. The van der Waals surface area contributed by atoms with E-state index in [0.29, 0.717) is 6.54 Å². The third-order valence-corrected chi connectivity index (χ3v) is 3.86. The molecular weight excluding hydrogens is 270 g/mol. The number of halogens is 1. The van der Waals surface area contributed by atoms with E-state index in [2.05, 4.69) is 22.2 Å². The van der Waals surface area contributed by atoms with E-state index < -0.39 is 0 Å². The van der Waals surface area contributed by atoms with Gasteiger partial charge in [0, 0.05) is 35.4 Å². The van der Waals surface area contributed by atoms with Crippen LogP contribution in [0, 0.1) is 0 Å². The molecule has 0 unspecified atom stereocenters. The smallest absolute Gasteiger partial charge is 0.0705 e. The molecule has 0 spiro atoms. The van der Waals surface area contributed by atoms with Gasteiger partial charge in [-0.15, -0.1) is 0 Å². The second-order valence-corrected chi connectivity index (χ2v) is 5.20. The van der Waals surface area contributed by atoms with Gasteiger partial charge in [-0.1, -0.05) is 35.9 Å². The Labute approximate surface area is 123 Å². The van der Waals surface area contributed by atoms with E-state index in [1.54, 1.807) is 0 Å². The van der Waals surface area contributed by atoms with Gasteiger partial charge in [-0.05, 0) is 25.1 Å². The molecule has 0 aliphatic heterocycles. The Kier molecular flexibility index (Phi) is 3.72. The van der Waals surface area contributed by atoms with Crippen LogP contribution in [0.5, 0.6) is 0 Å². The van der Waals surface area contributed by atoms with E-state index in [-0.39, 0.29) is 6.04 Å². The van der Waals surface area contributed by atoms with Crippen molar-refractivity contribution in [3.05, 3.63) is 65.1 Å². The lowest BCUT2D eigenvalue weighted by molar-refractivity contribution is 0.557. The van der Waals surface area contributed by atoms with Crippen LogP contribution in [0.3, 0.4) is 0 Å². The Morgan fingerprint density at radius 3 is 2.75 bits per heavy atom. The summed E-state index contributed by atoms with van der Waals surface area (Å²) in [5.41, 5.74) is 3.11. The zero-order valence-electron chi connectivity index (χ0n) is 11.2. The van der Waals surface area contributed by atoms with Crippen LogP contribution in [0.1, 0.15) is 24.4 Å². The van der Waals surface area contributed by atoms with Crippen LogP contribution in [0.2, 0.25) is 5.02 Å². The number of fused-ring (bicyclic) bond motifs is 1. The van der Waals surface area contributed by atoms with Crippen molar-refractivity contribution in [2.45, 2.75) is 19.5 Å². The molecule has 2 heterocycles. The quantitative estimate of drug-likeness (QED) is 0.759. The molecular formula is C16H16ClN3. The lowest BCUT2D eigenvalue weighted by Gasteiger charge is -2.12. The summed E-state index contributed by atoms with van der Waals surface area (Å²) in [5, 5.41) is 5.30. The Hall–Kier alpha value is -1.84. The summed E-state index contributed by atoms with van der Waals surface area (Å²) in [6.07, 6.45) is 1.81. The molecule has 3 rings (SSSR count). The van der Waals surface area contributed by atoms with Crippen molar-refractivity contribution in [2.24, 2.45) is 0 Å². The summed E-state index contributed by atoms with van der Waals surface area (Å²) in [4.78, 5) is 7.71. The number of nitrogens with zero attached hydrogens (tertiary/aromatic N) is 1. The van der Waals surface area contributed by atoms with Crippen LogP contribution in [-0.2, 0) is 6.54 Å². The van der Waals surface area contributed by atoms with Crippen molar-refractivity contribution in [3.63, 3.8) is 0 Å². The summed E-state index contributed by atoms with van der Waals surface area (Å²) < 4.78 is 0. The van der Waals surface area contributed by atoms with E-state index in [4.69, 9.17) is 11.6 Å². The third-order valence-electron chi connectivity index (χ3n) is 3.43. The Balaban J connectivity index is 1.76. The van der Waals surface area contributed by atoms with E-state index >= 15 is 0 Å². The van der Waals surface area contributed by atoms with Crippen LogP contribution in [0.15, 0.2) is 48.7 Å². The largest absolute Gasteiger partial charge is 0.356 e. The summed E-state index contributed by atoms with van der Waals surface area (Å²) >= 11 is 6.40. The van der Waals surface area contributed by atoms with Crippen LogP contribution in [-0.4, -0.2) is 9.97 Å². The maximum absolute atomic E-state index is 6.40. The van der Waals surface area contributed by atoms with Crippen LogP contribution in [0.25, 0.3) is 10.9 Å². The molecule has 0 bridgehead atoms. The number of benzene rings is 1. The minimum absolute atomic E-state index is 0.179. The van der Waals surface area contributed by atoms with Gasteiger partial charge in [-0.2, -0.15) is 0 Å². The standard InChI is InChI=1S/C16H16ClN3/c1-11(13-7-4-5-9-18-13)19-10-15-16(17)12-6-2-3-8-14(12)20-15/h2-9,11,19-20H,10H2,1H3/t11-/m0/s1. The molecule has 0 saturated heterocycles. The molecule has 1 atom stereocenters. The van der Waals surface area contributed by atoms with E-state index in [0.717, 1.165) is 27.3 Å². The van der Waals surface area contributed by atoms with Crippen molar-refractivity contribution < 1.29 is 0 Å². The van der Waals surface area contributed by atoms with Gasteiger partial charge in [0.2, 0.25) is 0 Å². The number of pyridine rings is 1. The maximum Gasteiger partial charge on any atom is 0.0705 e. The molecule has 2 aromatic heterocycles. The molecule has 0 aliphatic rings. The molecule has 1 aromatic carbocycles. The van der Waals surface area contributed by atoms with Gasteiger partial charge >= 0.3 is 0 Å². The highest BCUT2D eigenvalue weighted by molar-refractivity contribution is 6.36. The zero-order chi connectivity index (χ0) is 13.9. The summed E-state index contributed by atoms with van der Waals surface area (Å²) in [5.74, 6) is 0. The average molecular weight is 286 g/mol. The SMILES string of the molecule is C[C@H](NCc1[nH]c2ccccc2c1Cl)c1ccccn1. The van der Waals surface area contributed by atoms with E-state index in [1.165, 1.54) is 0 Å². The first kappa shape index (κ1) is 13.2. The third kappa shape index (κ3) is 2.55. The van der Waals surface area contributed by atoms with Crippen LogP contribution in [0.4, 0.5) is 0 Å². The number of hydrogen-bond acceptors (Lipinski definition) is 2. The fraction of sp³-hybridized carbons (Fsp3) is 0.188. The normalized spacial score (nSPS) is 12.7. The predicted molar refractivity (Wildman–Crippen MR) is 82.8 cm³/mol. The summed E-state index contributed by atoms with van der Waals surface area (Å²) in [7, 11) is 0. The molecule has 0 fully saturated rings. The van der Waals surface area contributed by atoms with E-state index in [9.17, 15) is 0 Å². The monoisotopic (exact) mass is 285 g/mol. The Morgan fingerprint density at radius 1 is 1.20 bits per heavy atom. The zero-order valence-corrected chi connectivity index (χ0v) is 12.0. The minimum Gasteiger partial charge on any atom is -0.356 e. The predicted octanol–water partition coefficient (Wildman–Crippen LogP) is 4.07. The van der Waals surface area contributed by atoms with Crippen molar-refractivity contribution in [2.75, 3.05) is 0 Å². The molecule has 0 aliphatic carbocycles. The minimum atomic E-state index is 0.179. The number of H-pyrrole nitrogens is 1.